The highest BCUT2D eigenvalue weighted by Gasteiger charge is 2.33. The first-order valence-electron chi connectivity index (χ1n) is 5.89. The van der Waals surface area contributed by atoms with Crippen LogP contribution < -0.4 is 0 Å². The van der Waals surface area contributed by atoms with Gasteiger partial charge in [0.1, 0.15) is 0 Å². The van der Waals surface area contributed by atoms with Gasteiger partial charge >= 0.3 is 5.97 Å². The normalized spacial score (nSPS) is 13.2. The fourth-order valence-corrected chi connectivity index (χ4v) is 2.31. The molecule has 0 bridgehead atoms. The molecule has 1 heterocycles. The number of hydrogen-bond donors (Lipinski definition) is 1. The summed E-state index contributed by atoms with van der Waals surface area (Å²) in [6, 6.07) is 11.3. The Balaban J connectivity index is 2.47. The topological polar surface area (TPSA) is 37.3 Å². The average Bonchev–Trinajstić information content (AvgIpc) is 2.88. The first kappa shape index (κ1) is 13.4. The molecule has 1 aromatic carbocycles. The summed E-state index contributed by atoms with van der Waals surface area (Å²) in [7, 11) is 0. The van der Waals surface area contributed by atoms with Crippen molar-refractivity contribution in [3.8, 4) is 11.8 Å². The maximum Gasteiger partial charge on any atom is 0.326 e. The fourth-order valence-electron chi connectivity index (χ4n) is 1.74. The van der Waals surface area contributed by atoms with Crippen molar-refractivity contribution in [3.05, 3.63) is 57.8 Å². The van der Waals surface area contributed by atoms with Crippen molar-refractivity contribution in [1.29, 1.82) is 0 Å². The molecule has 2 nitrogen and oxygen atoms in total. The zero-order valence-electron chi connectivity index (χ0n) is 10.8. The van der Waals surface area contributed by atoms with Crippen molar-refractivity contribution in [2.24, 2.45) is 0 Å². The molecular formula is C16H14O2S. The Kier molecular flexibility index (Phi) is 3.73. The largest absolute Gasteiger partial charge is 0.480 e. The summed E-state index contributed by atoms with van der Waals surface area (Å²) < 4.78 is 0. The van der Waals surface area contributed by atoms with E-state index in [1.54, 1.807) is 6.92 Å². The van der Waals surface area contributed by atoms with Crippen molar-refractivity contribution >= 4 is 17.3 Å². The number of carboxylic acid groups (broad SMARTS) is 1. The summed E-state index contributed by atoms with van der Waals surface area (Å²) in [5, 5.41) is 11.4. The monoisotopic (exact) mass is 270 g/mol. The molecule has 1 unspecified atom stereocenters. The van der Waals surface area contributed by atoms with Gasteiger partial charge in [0.05, 0.1) is 4.88 Å². The Morgan fingerprint density at radius 2 is 2.11 bits per heavy atom. The summed E-state index contributed by atoms with van der Waals surface area (Å²) in [5.41, 5.74) is 0.558. The van der Waals surface area contributed by atoms with E-state index in [-0.39, 0.29) is 0 Å². The molecule has 1 N–H and O–H groups in total. The van der Waals surface area contributed by atoms with Gasteiger partial charge in [-0.25, -0.2) is 0 Å². The Labute approximate surface area is 116 Å². The molecular weight excluding hydrogens is 256 g/mol. The van der Waals surface area contributed by atoms with Crippen LogP contribution in [0.15, 0.2) is 41.8 Å². The van der Waals surface area contributed by atoms with Gasteiger partial charge in [-0.15, -0.1) is 11.3 Å². The minimum absolute atomic E-state index is 0.712. The van der Waals surface area contributed by atoms with E-state index in [4.69, 9.17) is 0 Å². The number of carboxylic acids is 1. The van der Waals surface area contributed by atoms with E-state index >= 15 is 0 Å². The summed E-state index contributed by atoms with van der Waals surface area (Å²) in [6.45, 7) is 3.59. The van der Waals surface area contributed by atoms with Gasteiger partial charge in [0, 0.05) is 0 Å². The molecule has 0 saturated carbocycles. The van der Waals surface area contributed by atoms with Crippen LogP contribution in [0.1, 0.15) is 22.9 Å². The second-order valence-electron chi connectivity index (χ2n) is 4.53. The lowest BCUT2D eigenvalue weighted by atomic mass is 9.82. The molecule has 0 radical (unpaired) electrons. The molecule has 2 rings (SSSR count). The molecule has 0 aliphatic heterocycles. The fraction of sp³-hybridized carbons (Fsp3) is 0.188. The van der Waals surface area contributed by atoms with Gasteiger partial charge < -0.3 is 5.11 Å². The Morgan fingerprint density at radius 3 is 2.68 bits per heavy atom. The highest BCUT2D eigenvalue weighted by atomic mass is 32.1. The average molecular weight is 270 g/mol. The molecule has 0 spiro atoms. The lowest BCUT2D eigenvalue weighted by Crippen LogP contribution is -2.30. The molecule has 0 amide bonds. The van der Waals surface area contributed by atoms with E-state index in [0.717, 1.165) is 10.4 Å². The third-order valence-corrected chi connectivity index (χ3v) is 3.77. The van der Waals surface area contributed by atoms with Gasteiger partial charge in [0.15, 0.2) is 5.41 Å². The van der Waals surface area contributed by atoms with Crippen LogP contribution in [0, 0.1) is 18.8 Å². The first-order valence-corrected chi connectivity index (χ1v) is 6.77. The number of rotatable bonds is 2. The summed E-state index contributed by atoms with van der Waals surface area (Å²) in [4.78, 5) is 12.5. The van der Waals surface area contributed by atoms with Gasteiger partial charge in [-0.1, -0.05) is 47.7 Å². The second-order valence-corrected chi connectivity index (χ2v) is 5.47. The summed E-state index contributed by atoms with van der Waals surface area (Å²) in [5.74, 6) is 4.93. The Bertz CT molecular complexity index is 647. The number of aliphatic carboxylic acids is 1. The highest BCUT2D eigenvalue weighted by molar-refractivity contribution is 7.10. The standard InChI is InChI=1S/C16H14O2S/c1-12-5-3-6-13(11-12)16(2,15(17)18)9-8-14-7-4-10-19-14/h3-7,10-11H,1-2H3,(H,17,18). The van der Waals surface area contributed by atoms with Crippen molar-refractivity contribution < 1.29 is 9.90 Å². The molecule has 1 atom stereocenters. The molecule has 0 aliphatic rings. The predicted octanol–water partition coefficient (Wildman–Crippen LogP) is 3.45. The molecule has 3 heteroatoms. The number of thiophene rings is 1. The van der Waals surface area contributed by atoms with Crippen molar-refractivity contribution in [2.45, 2.75) is 19.3 Å². The van der Waals surface area contributed by atoms with Crippen molar-refractivity contribution in [1.82, 2.24) is 0 Å². The lowest BCUT2D eigenvalue weighted by molar-refractivity contribution is -0.140. The zero-order chi connectivity index (χ0) is 13.9. The highest BCUT2D eigenvalue weighted by Crippen LogP contribution is 2.24. The smallest absolute Gasteiger partial charge is 0.326 e. The predicted molar refractivity (Wildman–Crippen MR) is 77.4 cm³/mol. The van der Waals surface area contributed by atoms with Crippen LogP contribution >= 0.6 is 11.3 Å². The van der Waals surface area contributed by atoms with Gasteiger partial charge in [-0.3, -0.25) is 4.79 Å². The van der Waals surface area contributed by atoms with E-state index in [1.807, 2.05) is 48.7 Å². The first-order chi connectivity index (χ1) is 9.02. The van der Waals surface area contributed by atoms with Crippen LogP contribution in [0.4, 0.5) is 0 Å². The van der Waals surface area contributed by atoms with E-state index in [1.165, 1.54) is 11.3 Å². The van der Waals surface area contributed by atoms with Crippen LogP contribution in [0.3, 0.4) is 0 Å². The van der Waals surface area contributed by atoms with Crippen LogP contribution in [0.5, 0.6) is 0 Å². The number of carbonyl (C=O) groups is 1. The van der Waals surface area contributed by atoms with Gasteiger partial charge in [0.25, 0.3) is 0 Å². The number of aryl methyl sites for hydroxylation is 1. The SMILES string of the molecule is Cc1cccc(C(C)(C#Cc2cccs2)C(=O)O)c1. The Hall–Kier alpha value is -2.05. The molecule has 2 aromatic rings. The maximum atomic E-state index is 11.6. The van der Waals surface area contributed by atoms with Crippen molar-refractivity contribution in [2.75, 3.05) is 0 Å². The minimum atomic E-state index is -1.18. The summed E-state index contributed by atoms with van der Waals surface area (Å²) in [6.07, 6.45) is 0. The maximum absolute atomic E-state index is 11.6. The van der Waals surface area contributed by atoms with E-state index < -0.39 is 11.4 Å². The van der Waals surface area contributed by atoms with Crippen LogP contribution in [-0.4, -0.2) is 11.1 Å². The zero-order valence-corrected chi connectivity index (χ0v) is 11.6. The number of hydrogen-bond acceptors (Lipinski definition) is 2. The minimum Gasteiger partial charge on any atom is -0.480 e. The van der Waals surface area contributed by atoms with E-state index in [2.05, 4.69) is 11.8 Å². The van der Waals surface area contributed by atoms with Crippen LogP contribution in [0.2, 0.25) is 0 Å². The molecule has 1 aromatic heterocycles. The van der Waals surface area contributed by atoms with Gasteiger partial charge in [-0.2, -0.15) is 0 Å². The van der Waals surface area contributed by atoms with E-state index in [0.29, 0.717) is 5.56 Å². The molecule has 19 heavy (non-hydrogen) atoms. The van der Waals surface area contributed by atoms with Crippen LogP contribution in [-0.2, 0) is 10.2 Å². The summed E-state index contributed by atoms with van der Waals surface area (Å²) >= 11 is 1.51. The van der Waals surface area contributed by atoms with Gasteiger partial charge in [0.2, 0.25) is 0 Å². The van der Waals surface area contributed by atoms with Gasteiger partial charge in [-0.05, 0) is 30.9 Å². The molecule has 96 valence electrons. The third kappa shape index (κ3) is 2.86. The molecule has 0 fully saturated rings. The third-order valence-electron chi connectivity index (χ3n) is 2.98. The molecule has 0 saturated heterocycles. The van der Waals surface area contributed by atoms with E-state index in [9.17, 15) is 9.90 Å². The van der Waals surface area contributed by atoms with Crippen molar-refractivity contribution in [3.63, 3.8) is 0 Å². The number of benzene rings is 1. The second kappa shape index (κ2) is 5.29. The molecule has 0 aliphatic carbocycles. The lowest BCUT2D eigenvalue weighted by Gasteiger charge is -2.19. The Morgan fingerprint density at radius 1 is 1.32 bits per heavy atom. The quantitative estimate of drug-likeness (QED) is 0.849. The van der Waals surface area contributed by atoms with Crippen LogP contribution in [0.25, 0.3) is 0 Å².